The number of halogens is 3. The fraction of sp³-hybridized carbons (Fsp3) is 0.542. The summed E-state index contributed by atoms with van der Waals surface area (Å²) in [6.45, 7) is 6.48. The van der Waals surface area contributed by atoms with Crippen molar-refractivity contribution in [2.75, 3.05) is 13.7 Å². The van der Waals surface area contributed by atoms with E-state index >= 15 is 0 Å². The van der Waals surface area contributed by atoms with Gasteiger partial charge in [0.2, 0.25) is 0 Å². The number of ether oxygens (including phenoxy) is 3. The SMILES string of the molecule is COC(=O)[C@@H]1C[C@@]2(CC(O)c3c(c(C)nc4c(C(F)(F)F)cccc34)O2)CN1C(=O)OC(C)(C)C. The lowest BCUT2D eigenvalue weighted by molar-refractivity contribution is -0.146. The van der Waals surface area contributed by atoms with E-state index in [9.17, 15) is 27.9 Å². The fourth-order valence-corrected chi connectivity index (χ4v) is 4.85. The Kier molecular flexibility index (Phi) is 5.90. The van der Waals surface area contributed by atoms with Crippen molar-refractivity contribution in [2.24, 2.45) is 0 Å². The smallest absolute Gasteiger partial charge is 0.418 e. The number of hydrogen-bond acceptors (Lipinski definition) is 7. The van der Waals surface area contributed by atoms with Crippen molar-refractivity contribution < 1.29 is 42.1 Å². The van der Waals surface area contributed by atoms with Crippen molar-refractivity contribution >= 4 is 23.0 Å². The van der Waals surface area contributed by atoms with Crippen LogP contribution in [-0.2, 0) is 20.4 Å². The molecule has 1 spiro atoms. The Morgan fingerprint density at radius 1 is 1.23 bits per heavy atom. The molecule has 1 unspecified atom stereocenters. The fourth-order valence-electron chi connectivity index (χ4n) is 4.85. The van der Waals surface area contributed by atoms with E-state index in [4.69, 9.17) is 14.2 Å². The van der Waals surface area contributed by atoms with Gasteiger partial charge in [-0.15, -0.1) is 0 Å². The van der Waals surface area contributed by atoms with Gasteiger partial charge in [-0.05, 0) is 33.8 Å². The van der Waals surface area contributed by atoms with Crippen LogP contribution in [0.5, 0.6) is 5.75 Å². The number of rotatable bonds is 1. The van der Waals surface area contributed by atoms with Crippen molar-refractivity contribution in [1.29, 1.82) is 0 Å². The van der Waals surface area contributed by atoms with Crippen LogP contribution < -0.4 is 4.74 Å². The maximum Gasteiger partial charge on any atom is 0.418 e. The molecule has 0 aliphatic carbocycles. The second-order valence-electron chi connectivity index (χ2n) is 10.00. The predicted octanol–water partition coefficient (Wildman–Crippen LogP) is 4.30. The minimum absolute atomic E-state index is 0.00941. The van der Waals surface area contributed by atoms with E-state index in [2.05, 4.69) is 4.98 Å². The summed E-state index contributed by atoms with van der Waals surface area (Å²) in [7, 11) is 1.20. The number of para-hydroxylation sites is 1. The molecule has 1 aromatic heterocycles. The minimum atomic E-state index is -4.62. The van der Waals surface area contributed by atoms with Gasteiger partial charge in [0, 0.05) is 23.8 Å². The summed E-state index contributed by atoms with van der Waals surface area (Å²) in [6.07, 6.45) is -6.63. The first-order valence-corrected chi connectivity index (χ1v) is 11.1. The number of fused-ring (bicyclic) bond motifs is 3. The van der Waals surface area contributed by atoms with Gasteiger partial charge in [0.15, 0.2) is 0 Å². The largest absolute Gasteiger partial charge is 0.483 e. The Labute approximate surface area is 200 Å². The molecule has 2 aromatic rings. The van der Waals surface area contributed by atoms with E-state index in [1.165, 1.54) is 31.1 Å². The third-order valence-corrected chi connectivity index (χ3v) is 6.20. The van der Waals surface area contributed by atoms with Crippen LogP contribution in [-0.4, -0.2) is 58.0 Å². The summed E-state index contributed by atoms with van der Waals surface area (Å²) in [5, 5.41) is 11.3. The number of esters is 1. The summed E-state index contributed by atoms with van der Waals surface area (Å²) in [5.41, 5.74) is -2.82. The van der Waals surface area contributed by atoms with Crippen molar-refractivity contribution in [3.63, 3.8) is 0 Å². The predicted molar refractivity (Wildman–Crippen MR) is 118 cm³/mol. The molecule has 3 heterocycles. The molecule has 0 bridgehead atoms. The van der Waals surface area contributed by atoms with Crippen LogP contribution >= 0.6 is 0 Å². The number of methoxy groups -OCH3 is 1. The highest BCUT2D eigenvalue weighted by Crippen LogP contribution is 2.50. The Balaban J connectivity index is 1.77. The van der Waals surface area contributed by atoms with E-state index in [1.807, 2.05) is 0 Å². The monoisotopic (exact) mass is 496 g/mol. The topological polar surface area (TPSA) is 98.2 Å². The summed E-state index contributed by atoms with van der Waals surface area (Å²) in [5.74, 6) is -0.523. The number of pyridine rings is 1. The maximum absolute atomic E-state index is 13.6. The van der Waals surface area contributed by atoms with Crippen molar-refractivity contribution in [3.05, 3.63) is 35.0 Å². The quantitative estimate of drug-likeness (QED) is 0.588. The van der Waals surface area contributed by atoms with Crippen LogP contribution in [0.25, 0.3) is 10.9 Å². The number of aliphatic hydroxyl groups is 1. The molecule has 35 heavy (non-hydrogen) atoms. The zero-order chi connectivity index (χ0) is 25.9. The molecule has 1 saturated heterocycles. The van der Waals surface area contributed by atoms with Gasteiger partial charge in [-0.1, -0.05) is 12.1 Å². The highest BCUT2D eigenvalue weighted by atomic mass is 19.4. The first-order chi connectivity index (χ1) is 16.2. The van der Waals surface area contributed by atoms with Gasteiger partial charge in [0.25, 0.3) is 0 Å². The second-order valence-corrected chi connectivity index (χ2v) is 10.00. The lowest BCUT2D eigenvalue weighted by Gasteiger charge is -2.39. The van der Waals surface area contributed by atoms with Crippen LogP contribution in [0.1, 0.15) is 56.5 Å². The molecule has 8 nitrogen and oxygen atoms in total. The average molecular weight is 496 g/mol. The highest BCUT2D eigenvalue weighted by molar-refractivity contribution is 5.89. The Bertz CT molecular complexity index is 1190. The van der Waals surface area contributed by atoms with E-state index in [0.717, 1.165) is 6.07 Å². The number of benzene rings is 1. The number of aryl methyl sites for hydroxylation is 1. The van der Waals surface area contributed by atoms with Gasteiger partial charge < -0.3 is 19.3 Å². The molecule has 4 rings (SSSR count). The maximum atomic E-state index is 13.6. The third kappa shape index (κ3) is 4.49. The zero-order valence-corrected chi connectivity index (χ0v) is 20.0. The summed E-state index contributed by atoms with van der Waals surface area (Å²) >= 11 is 0. The van der Waals surface area contributed by atoms with Gasteiger partial charge >= 0.3 is 18.2 Å². The Morgan fingerprint density at radius 3 is 2.51 bits per heavy atom. The molecule has 0 saturated carbocycles. The van der Waals surface area contributed by atoms with Crippen molar-refractivity contribution in [2.45, 2.75) is 70.1 Å². The number of carbonyl (C=O) groups is 2. The number of aromatic nitrogens is 1. The molecule has 2 aliphatic rings. The van der Waals surface area contributed by atoms with Gasteiger partial charge in [-0.2, -0.15) is 13.2 Å². The molecule has 1 fully saturated rings. The molecule has 3 atom stereocenters. The van der Waals surface area contributed by atoms with Crippen molar-refractivity contribution in [3.8, 4) is 5.75 Å². The summed E-state index contributed by atoms with van der Waals surface area (Å²) in [6, 6.07) is 2.63. The number of hydrogen-bond donors (Lipinski definition) is 1. The minimum Gasteiger partial charge on any atom is -0.483 e. The number of alkyl halides is 3. The van der Waals surface area contributed by atoms with Crippen LogP contribution in [0.4, 0.5) is 18.0 Å². The first kappa shape index (κ1) is 25.0. The lowest BCUT2D eigenvalue weighted by Crippen LogP contribution is -2.46. The molecular formula is C24H27F3N2O6. The van der Waals surface area contributed by atoms with Gasteiger partial charge in [0.1, 0.15) is 23.0 Å². The molecular weight excluding hydrogens is 469 g/mol. The summed E-state index contributed by atoms with van der Waals surface area (Å²) in [4.78, 5) is 30.8. The van der Waals surface area contributed by atoms with Gasteiger partial charge in [0.05, 0.1) is 36.5 Å². The molecule has 2 aliphatic heterocycles. The van der Waals surface area contributed by atoms with Crippen LogP contribution in [0, 0.1) is 6.92 Å². The number of likely N-dealkylation sites (tertiary alicyclic amines) is 1. The normalized spacial score (nSPS) is 24.3. The Morgan fingerprint density at radius 2 is 1.91 bits per heavy atom. The van der Waals surface area contributed by atoms with Crippen LogP contribution in [0.15, 0.2) is 18.2 Å². The molecule has 190 valence electrons. The molecule has 1 aromatic carbocycles. The second kappa shape index (κ2) is 8.25. The number of carbonyl (C=O) groups excluding carboxylic acids is 2. The van der Waals surface area contributed by atoms with Gasteiger partial charge in [-0.25, -0.2) is 14.6 Å². The Hall–Kier alpha value is -3.08. The van der Waals surface area contributed by atoms with Crippen LogP contribution in [0.2, 0.25) is 0 Å². The molecule has 11 heteroatoms. The lowest BCUT2D eigenvalue weighted by atomic mass is 9.85. The number of nitrogens with zero attached hydrogens (tertiary/aromatic N) is 2. The first-order valence-electron chi connectivity index (χ1n) is 11.1. The van der Waals surface area contributed by atoms with E-state index in [-0.39, 0.29) is 47.3 Å². The van der Waals surface area contributed by atoms with E-state index < -0.39 is 47.2 Å². The zero-order valence-electron chi connectivity index (χ0n) is 20.0. The highest BCUT2D eigenvalue weighted by Gasteiger charge is 2.55. The van der Waals surface area contributed by atoms with Crippen molar-refractivity contribution in [1.82, 2.24) is 9.88 Å². The molecule has 1 amide bonds. The average Bonchev–Trinajstić information content (AvgIpc) is 3.09. The molecule has 0 radical (unpaired) electrons. The standard InChI is InChI=1S/C24H27F3N2O6/c1-12-19-17(13-7-6-8-14(18(13)28-12)24(25,26)27)16(30)10-23(34-19)9-15(20(31)33-5)29(11-23)21(32)35-22(2,3)4/h6-8,15-16,30H,9-11H2,1-5H3/t15-,16?,23+/m0/s1. The van der Waals surface area contributed by atoms with E-state index in [1.54, 1.807) is 20.8 Å². The molecule has 1 N–H and O–H groups in total. The third-order valence-electron chi connectivity index (χ3n) is 6.20. The number of amides is 1. The number of aliphatic hydroxyl groups excluding tert-OH is 1. The van der Waals surface area contributed by atoms with Gasteiger partial charge in [-0.3, -0.25) is 4.90 Å². The van der Waals surface area contributed by atoms with E-state index in [0.29, 0.717) is 0 Å². The van der Waals surface area contributed by atoms with Crippen LogP contribution in [0.3, 0.4) is 0 Å². The summed E-state index contributed by atoms with van der Waals surface area (Å²) < 4.78 is 57.4.